The van der Waals surface area contributed by atoms with Crippen LogP contribution in [0.5, 0.6) is 5.75 Å². The van der Waals surface area contributed by atoms with E-state index in [-0.39, 0.29) is 5.92 Å². The maximum absolute atomic E-state index is 5.34. The number of rotatable bonds is 2. The van der Waals surface area contributed by atoms with Crippen LogP contribution in [0.1, 0.15) is 33.9 Å². The van der Waals surface area contributed by atoms with Gasteiger partial charge >= 0.3 is 0 Å². The molecule has 1 heterocycles. The Labute approximate surface area is 147 Å². The van der Waals surface area contributed by atoms with E-state index in [1.165, 1.54) is 38.9 Å². The Bertz CT molecular complexity index is 1060. The molecule has 3 aromatic carbocycles. The van der Waals surface area contributed by atoms with Crippen molar-refractivity contribution in [3.05, 3.63) is 101 Å². The van der Waals surface area contributed by atoms with Crippen molar-refractivity contribution < 1.29 is 4.74 Å². The first kappa shape index (κ1) is 14.4. The lowest BCUT2D eigenvalue weighted by molar-refractivity contribution is 0.414. The lowest BCUT2D eigenvalue weighted by Gasteiger charge is -2.27. The van der Waals surface area contributed by atoms with E-state index >= 15 is 0 Å². The summed E-state index contributed by atoms with van der Waals surface area (Å²) in [4.78, 5) is 3.65. The van der Waals surface area contributed by atoms with Gasteiger partial charge in [0.05, 0.1) is 7.11 Å². The van der Waals surface area contributed by atoms with E-state index in [0.717, 1.165) is 12.2 Å². The summed E-state index contributed by atoms with van der Waals surface area (Å²) in [5.41, 5.74) is 8.09. The van der Waals surface area contributed by atoms with Gasteiger partial charge in [0, 0.05) is 28.9 Å². The van der Waals surface area contributed by atoms with Gasteiger partial charge < -0.3 is 9.72 Å². The number of nitrogens with one attached hydrogen (secondary N) is 1. The van der Waals surface area contributed by atoms with Gasteiger partial charge in [-0.1, -0.05) is 54.6 Å². The van der Waals surface area contributed by atoms with Crippen LogP contribution in [-0.2, 0) is 6.42 Å². The van der Waals surface area contributed by atoms with E-state index in [4.69, 9.17) is 4.74 Å². The number of methoxy groups -OCH3 is 1. The molecular formula is C23H19NO. The second-order valence-electron chi connectivity index (χ2n) is 6.64. The summed E-state index contributed by atoms with van der Waals surface area (Å²) in [6.07, 6.45) is 0.965. The minimum atomic E-state index is 0.252. The van der Waals surface area contributed by atoms with Crippen LogP contribution in [0.3, 0.4) is 0 Å². The zero-order chi connectivity index (χ0) is 16.8. The van der Waals surface area contributed by atoms with Gasteiger partial charge in [0.1, 0.15) is 5.75 Å². The summed E-state index contributed by atoms with van der Waals surface area (Å²) >= 11 is 0. The third kappa shape index (κ3) is 2.18. The van der Waals surface area contributed by atoms with Crippen molar-refractivity contribution in [1.82, 2.24) is 4.98 Å². The first-order valence-electron chi connectivity index (χ1n) is 8.66. The number of H-pyrrole nitrogens is 1. The van der Waals surface area contributed by atoms with Gasteiger partial charge in [0.2, 0.25) is 0 Å². The molecular weight excluding hydrogens is 306 g/mol. The molecule has 0 aliphatic heterocycles. The molecule has 1 aliphatic rings. The Kier molecular flexibility index (Phi) is 3.17. The van der Waals surface area contributed by atoms with Crippen LogP contribution in [0.25, 0.3) is 10.9 Å². The Morgan fingerprint density at radius 1 is 0.880 bits per heavy atom. The largest absolute Gasteiger partial charge is 0.497 e. The summed E-state index contributed by atoms with van der Waals surface area (Å²) in [5, 5.41) is 1.33. The van der Waals surface area contributed by atoms with Crippen LogP contribution in [-0.4, -0.2) is 12.1 Å². The molecule has 0 fully saturated rings. The average Bonchev–Trinajstić information content (AvgIpc) is 3.04. The minimum Gasteiger partial charge on any atom is -0.497 e. The van der Waals surface area contributed by atoms with Crippen LogP contribution in [0.2, 0.25) is 0 Å². The number of hydrogen-bond donors (Lipinski definition) is 1. The lowest BCUT2D eigenvalue weighted by atomic mass is 9.76. The number of hydrogen-bond acceptors (Lipinski definition) is 1. The Hall–Kier alpha value is -3.00. The van der Waals surface area contributed by atoms with Crippen molar-refractivity contribution in [3.63, 3.8) is 0 Å². The molecule has 4 aromatic rings. The first-order valence-corrected chi connectivity index (χ1v) is 8.66. The van der Waals surface area contributed by atoms with Crippen molar-refractivity contribution in [2.75, 3.05) is 7.11 Å². The second-order valence-corrected chi connectivity index (χ2v) is 6.64. The smallest absolute Gasteiger partial charge is 0.118 e. The molecule has 2 heteroatoms. The summed E-state index contributed by atoms with van der Waals surface area (Å²) in [7, 11) is 1.71. The van der Waals surface area contributed by atoms with Crippen LogP contribution < -0.4 is 4.74 Å². The van der Waals surface area contributed by atoms with E-state index < -0.39 is 0 Å². The van der Waals surface area contributed by atoms with E-state index in [0.29, 0.717) is 0 Å². The summed E-state index contributed by atoms with van der Waals surface area (Å²) < 4.78 is 5.34. The molecule has 2 nitrogen and oxygen atoms in total. The fourth-order valence-corrected chi connectivity index (χ4v) is 4.15. The average molecular weight is 325 g/mol. The van der Waals surface area contributed by atoms with Crippen molar-refractivity contribution >= 4 is 10.9 Å². The third-order valence-electron chi connectivity index (χ3n) is 5.30. The number of benzene rings is 3. The zero-order valence-electron chi connectivity index (χ0n) is 14.1. The molecule has 1 unspecified atom stereocenters. The molecule has 0 bridgehead atoms. The molecule has 1 N–H and O–H groups in total. The molecule has 0 spiro atoms. The topological polar surface area (TPSA) is 25.0 Å². The van der Waals surface area contributed by atoms with Gasteiger partial charge in [-0.3, -0.25) is 0 Å². The minimum absolute atomic E-state index is 0.252. The zero-order valence-corrected chi connectivity index (χ0v) is 14.1. The van der Waals surface area contributed by atoms with Crippen molar-refractivity contribution in [1.29, 1.82) is 0 Å². The molecule has 0 amide bonds. The van der Waals surface area contributed by atoms with Gasteiger partial charge in [-0.2, -0.15) is 0 Å². The highest BCUT2D eigenvalue weighted by Crippen LogP contribution is 2.44. The predicted octanol–water partition coefficient (Wildman–Crippen LogP) is 5.26. The maximum atomic E-state index is 5.34. The number of aromatic nitrogens is 1. The summed E-state index contributed by atoms with van der Waals surface area (Å²) in [6, 6.07) is 25.9. The Morgan fingerprint density at radius 3 is 2.48 bits per heavy atom. The van der Waals surface area contributed by atoms with E-state index in [1.54, 1.807) is 7.11 Å². The highest BCUT2D eigenvalue weighted by atomic mass is 16.5. The maximum Gasteiger partial charge on any atom is 0.118 e. The number of aromatic amines is 1. The molecule has 0 saturated heterocycles. The van der Waals surface area contributed by atoms with Crippen molar-refractivity contribution in [2.24, 2.45) is 0 Å². The number of ether oxygens (including phenoxy) is 1. The van der Waals surface area contributed by atoms with E-state index in [2.05, 4.69) is 77.8 Å². The molecule has 122 valence electrons. The molecule has 1 atom stereocenters. The Morgan fingerprint density at radius 2 is 1.64 bits per heavy atom. The predicted molar refractivity (Wildman–Crippen MR) is 101 cm³/mol. The standard InChI is InChI=1S/C23H19NO/c1-25-17-12-10-15(11-13-17)22-18-7-3-2-6-16(18)14-21-23(22)19-8-4-5-9-20(19)24-21/h2-13,22,24H,14H2,1H3. The van der Waals surface area contributed by atoms with Crippen LogP contribution >= 0.6 is 0 Å². The van der Waals surface area contributed by atoms with E-state index in [1.807, 2.05) is 0 Å². The lowest BCUT2D eigenvalue weighted by Crippen LogP contribution is -2.14. The normalized spacial score (nSPS) is 15.6. The van der Waals surface area contributed by atoms with Gasteiger partial charge in [0.15, 0.2) is 0 Å². The number of fused-ring (bicyclic) bond motifs is 4. The van der Waals surface area contributed by atoms with Gasteiger partial charge in [-0.25, -0.2) is 0 Å². The summed E-state index contributed by atoms with van der Waals surface area (Å²) in [6.45, 7) is 0. The summed E-state index contributed by atoms with van der Waals surface area (Å²) in [5.74, 6) is 1.15. The SMILES string of the molecule is COc1ccc(C2c3ccccc3Cc3[nH]c4ccccc4c32)cc1. The highest BCUT2D eigenvalue weighted by Gasteiger charge is 2.29. The van der Waals surface area contributed by atoms with Gasteiger partial charge in [0.25, 0.3) is 0 Å². The third-order valence-corrected chi connectivity index (χ3v) is 5.30. The molecule has 25 heavy (non-hydrogen) atoms. The number of para-hydroxylation sites is 1. The highest BCUT2D eigenvalue weighted by molar-refractivity contribution is 5.87. The van der Waals surface area contributed by atoms with Crippen molar-refractivity contribution in [3.8, 4) is 5.75 Å². The van der Waals surface area contributed by atoms with Crippen LogP contribution in [0.4, 0.5) is 0 Å². The first-order chi connectivity index (χ1) is 12.3. The molecule has 1 aromatic heterocycles. The van der Waals surface area contributed by atoms with Crippen molar-refractivity contribution in [2.45, 2.75) is 12.3 Å². The van der Waals surface area contributed by atoms with Gasteiger partial charge in [-0.05, 0) is 40.5 Å². The fourth-order valence-electron chi connectivity index (χ4n) is 4.15. The molecule has 0 radical (unpaired) electrons. The molecule has 5 rings (SSSR count). The monoisotopic (exact) mass is 325 g/mol. The second kappa shape index (κ2) is 5.52. The van der Waals surface area contributed by atoms with Gasteiger partial charge in [-0.15, -0.1) is 0 Å². The van der Waals surface area contributed by atoms with Crippen LogP contribution in [0, 0.1) is 0 Å². The van der Waals surface area contributed by atoms with E-state index in [9.17, 15) is 0 Å². The molecule has 0 saturated carbocycles. The fraction of sp³-hybridized carbons (Fsp3) is 0.130. The quantitative estimate of drug-likeness (QED) is 0.470. The van der Waals surface area contributed by atoms with Crippen LogP contribution in [0.15, 0.2) is 72.8 Å². The molecule has 1 aliphatic carbocycles. The Balaban J connectivity index is 1.78.